The Labute approximate surface area is 124 Å². The van der Waals surface area contributed by atoms with Gasteiger partial charge in [0, 0.05) is 18.3 Å². The van der Waals surface area contributed by atoms with Crippen molar-refractivity contribution in [2.24, 2.45) is 0 Å². The summed E-state index contributed by atoms with van der Waals surface area (Å²) in [6, 6.07) is 10.9. The van der Waals surface area contributed by atoms with Gasteiger partial charge in [0.15, 0.2) is 0 Å². The molecule has 1 unspecified atom stereocenters. The van der Waals surface area contributed by atoms with Crippen molar-refractivity contribution in [3.63, 3.8) is 0 Å². The van der Waals surface area contributed by atoms with Crippen molar-refractivity contribution in [2.45, 2.75) is 19.5 Å². The summed E-state index contributed by atoms with van der Waals surface area (Å²) in [6.45, 7) is 3.11. The zero-order valence-corrected chi connectivity index (χ0v) is 13.1. The maximum absolute atomic E-state index is 5.96. The van der Waals surface area contributed by atoms with Crippen LogP contribution in [0.15, 0.2) is 35.7 Å². The highest BCUT2D eigenvalue weighted by Crippen LogP contribution is 2.27. The molecule has 0 spiro atoms. The minimum Gasteiger partial charge on any atom is -0.378 e. The lowest BCUT2D eigenvalue weighted by Crippen LogP contribution is -2.10. The second-order valence-corrected chi connectivity index (χ2v) is 6.53. The number of hydrogen-bond donors (Lipinski definition) is 1. The fraction of sp³-hybridized carbons (Fsp3) is 0.333. The number of nitrogens with one attached hydrogen (secondary N) is 1. The zero-order chi connectivity index (χ0) is 13.8. The molecule has 0 saturated heterocycles. The third kappa shape index (κ3) is 4.23. The Bertz CT molecular complexity index is 519. The van der Waals surface area contributed by atoms with E-state index < -0.39 is 0 Å². The average Bonchev–Trinajstić information content (AvgIpc) is 2.78. The van der Waals surface area contributed by atoms with E-state index in [0.29, 0.717) is 0 Å². The molecule has 2 rings (SSSR count). The van der Waals surface area contributed by atoms with Gasteiger partial charge in [0.1, 0.15) is 0 Å². The molecule has 1 aromatic carbocycles. The first kappa shape index (κ1) is 14.4. The van der Waals surface area contributed by atoms with Gasteiger partial charge in [-0.1, -0.05) is 23.7 Å². The Balaban J connectivity index is 1.99. The molecule has 4 heteroatoms. The van der Waals surface area contributed by atoms with Gasteiger partial charge < -0.3 is 10.2 Å². The van der Waals surface area contributed by atoms with Gasteiger partial charge in [-0.3, -0.25) is 0 Å². The van der Waals surface area contributed by atoms with Crippen molar-refractivity contribution < 1.29 is 0 Å². The van der Waals surface area contributed by atoms with E-state index in [0.717, 1.165) is 16.6 Å². The van der Waals surface area contributed by atoms with Gasteiger partial charge >= 0.3 is 0 Å². The number of hydrogen-bond acceptors (Lipinski definition) is 3. The van der Waals surface area contributed by atoms with E-state index in [1.54, 1.807) is 11.3 Å². The Kier molecular flexibility index (Phi) is 4.86. The third-order valence-electron chi connectivity index (χ3n) is 2.92. The molecule has 0 aliphatic rings. The van der Waals surface area contributed by atoms with Crippen LogP contribution in [0.4, 0.5) is 5.69 Å². The molecule has 0 aliphatic heterocycles. The van der Waals surface area contributed by atoms with Crippen LogP contribution in [0.5, 0.6) is 0 Å². The van der Waals surface area contributed by atoms with Crippen LogP contribution < -0.4 is 5.32 Å². The number of anilines is 1. The molecule has 0 fully saturated rings. The summed E-state index contributed by atoms with van der Waals surface area (Å²) >= 11 is 7.54. The maximum atomic E-state index is 5.96. The smallest absolute Gasteiger partial charge is 0.0931 e. The molecule has 2 aromatic rings. The predicted molar refractivity (Wildman–Crippen MR) is 85.2 cm³/mol. The Morgan fingerprint density at radius 2 is 1.95 bits per heavy atom. The van der Waals surface area contributed by atoms with E-state index in [4.69, 9.17) is 11.6 Å². The van der Waals surface area contributed by atoms with Gasteiger partial charge in [0.25, 0.3) is 0 Å². The molecule has 1 atom stereocenters. The summed E-state index contributed by atoms with van der Waals surface area (Å²) in [5, 5.41) is 5.58. The topological polar surface area (TPSA) is 15.3 Å². The minimum atomic E-state index is 0.267. The van der Waals surface area contributed by atoms with Gasteiger partial charge in [0.05, 0.1) is 4.34 Å². The van der Waals surface area contributed by atoms with E-state index in [1.807, 2.05) is 6.07 Å². The van der Waals surface area contributed by atoms with Crippen LogP contribution in [0.1, 0.15) is 24.1 Å². The number of halogens is 1. The first-order valence-corrected chi connectivity index (χ1v) is 7.54. The lowest BCUT2D eigenvalue weighted by atomic mass is 10.1. The molecule has 19 heavy (non-hydrogen) atoms. The standard InChI is InChI=1S/C15H19ClN2S/c1-11(13-8-15(16)19-10-13)17-14-6-4-12(5-7-14)9-18(2)3/h4-8,10-11,17H,9H2,1-3H3. The number of thiophene rings is 1. The van der Waals surface area contributed by atoms with Crippen LogP contribution in [-0.2, 0) is 6.54 Å². The molecule has 0 radical (unpaired) electrons. The molecule has 102 valence electrons. The van der Waals surface area contributed by atoms with Gasteiger partial charge in [-0.05, 0) is 55.7 Å². The Hall–Kier alpha value is -1.03. The summed E-state index contributed by atoms with van der Waals surface area (Å²) in [7, 11) is 4.16. The number of benzene rings is 1. The first-order valence-electron chi connectivity index (χ1n) is 6.29. The molecule has 2 nitrogen and oxygen atoms in total. The highest BCUT2D eigenvalue weighted by molar-refractivity contribution is 7.14. The molecule has 1 aromatic heterocycles. The zero-order valence-electron chi connectivity index (χ0n) is 11.5. The lowest BCUT2D eigenvalue weighted by molar-refractivity contribution is 0.402. The summed E-state index contributed by atoms with van der Waals surface area (Å²) in [6.07, 6.45) is 0. The Morgan fingerprint density at radius 3 is 2.47 bits per heavy atom. The molecular weight excluding hydrogens is 276 g/mol. The molecular formula is C15H19ClN2S. The summed E-state index contributed by atoms with van der Waals surface area (Å²) in [5.74, 6) is 0. The van der Waals surface area contributed by atoms with Crippen LogP contribution in [0.2, 0.25) is 4.34 Å². The van der Waals surface area contributed by atoms with E-state index in [2.05, 4.69) is 60.9 Å². The minimum absolute atomic E-state index is 0.267. The van der Waals surface area contributed by atoms with Crippen LogP contribution in [-0.4, -0.2) is 19.0 Å². The highest BCUT2D eigenvalue weighted by atomic mass is 35.5. The van der Waals surface area contributed by atoms with Crippen LogP contribution in [0, 0.1) is 0 Å². The fourth-order valence-corrected chi connectivity index (χ4v) is 2.94. The Morgan fingerprint density at radius 1 is 1.26 bits per heavy atom. The SMILES string of the molecule is CC(Nc1ccc(CN(C)C)cc1)c1csc(Cl)c1. The number of nitrogens with zero attached hydrogens (tertiary/aromatic N) is 1. The summed E-state index contributed by atoms with van der Waals surface area (Å²) < 4.78 is 0.838. The van der Waals surface area contributed by atoms with E-state index in [9.17, 15) is 0 Å². The van der Waals surface area contributed by atoms with Crippen LogP contribution >= 0.6 is 22.9 Å². The van der Waals surface area contributed by atoms with Gasteiger partial charge in [0.2, 0.25) is 0 Å². The molecule has 0 aliphatic carbocycles. The van der Waals surface area contributed by atoms with Gasteiger partial charge in [-0.25, -0.2) is 0 Å². The predicted octanol–water partition coefficient (Wildman–Crippen LogP) is 4.64. The highest BCUT2D eigenvalue weighted by Gasteiger charge is 2.07. The van der Waals surface area contributed by atoms with Gasteiger partial charge in [-0.2, -0.15) is 0 Å². The average molecular weight is 295 g/mol. The molecule has 0 bridgehead atoms. The van der Waals surface area contributed by atoms with Crippen molar-refractivity contribution in [1.29, 1.82) is 0 Å². The monoisotopic (exact) mass is 294 g/mol. The molecule has 1 heterocycles. The van der Waals surface area contributed by atoms with E-state index in [-0.39, 0.29) is 6.04 Å². The molecule has 1 N–H and O–H groups in total. The first-order chi connectivity index (χ1) is 9.04. The number of rotatable bonds is 5. The maximum Gasteiger partial charge on any atom is 0.0931 e. The summed E-state index contributed by atoms with van der Waals surface area (Å²) in [4.78, 5) is 2.17. The van der Waals surface area contributed by atoms with Gasteiger partial charge in [-0.15, -0.1) is 11.3 Å². The quantitative estimate of drug-likeness (QED) is 0.864. The van der Waals surface area contributed by atoms with E-state index in [1.165, 1.54) is 11.1 Å². The van der Waals surface area contributed by atoms with Crippen LogP contribution in [0.3, 0.4) is 0 Å². The summed E-state index contributed by atoms with van der Waals surface area (Å²) in [5.41, 5.74) is 3.69. The fourth-order valence-electron chi connectivity index (χ4n) is 1.96. The molecule has 0 saturated carbocycles. The largest absolute Gasteiger partial charge is 0.378 e. The van der Waals surface area contributed by atoms with Crippen LogP contribution in [0.25, 0.3) is 0 Å². The van der Waals surface area contributed by atoms with E-state index >= 15 is 0 Å². The second-order valence-electron chi connectivity index (χ2n) is 4.98. The second kappa shape index (κ2) is 6.42. The third-order valence-corrected chi connectivity index (χ3v) is 4.03. The van der Waals surface area contributed by atoms with Crippen molar-refractivity contribution in [3.05, 3.63) is 51.2 Å². The van der Waals surface area contributed by atoms with Crippen molar-refractivity contribution in [1.82, 2.24) is 4.90 Å². The lowest BCUT2D eigenvalue weighted by Gasteiger charge is -2.15. The van der Waals surface area contributed by atoms with Crippen molar-refractivity contribution in [3.8, 4) is 0 Å². The van der Waals surface area contributed by atoms with Crippen molar-refractivity contribution >= 4 is 28.6 Å². The van der Waals surface area contributed by atoms with Crippen molar-refractivity contribution in [2.75, 3.05) is 19.4 Å². The normalized spacial score (nSPS) is 12.7. The molecule has 0 amide bonds.